The summed E-state index contributed by atoms with van der Waals surface area (Å²) in [5.41, 5.74) is 0. The molecule has 1 aliphatic heterocycles. The first-order valence-electron chi connectivity index (χ1n) is 7.24. The molecule has 1 N–H and O–H groups in total. The van der Waals surface area contributed by atoms with Crippen LogP contribution in [0.2, 0.25) is 0 Å². The molecule has 8 heteroatoms. The number of carboxylic acid groups (broad SMARTS) is 1. The predicted molar refractivity (Wildman–Crippen MR) is 68.0 cm³/mol. The van der Waals surface area contributed by atoms with Crippen LogP contribution in [0.15, 0.2) is 0 Å². The van der Waals surface area contributed by atoms with Crippen molar-refractivity contribution in [3.63, 3.8) is 0 Å². The lowest BCUT2D eigenvalue weighted by molar-refractivity contribution is -0.934. The third-order valence-electron chi connectivity index (χ3n) is 3.26. The van der Waals surface area contributed by atoms with Gasteiger partial charge in [-0.15, -0.1) is 0 Å². The van der Waals surface area contributed by atoms with Crippen LogP contribution in [-0.4, -0.2) is 49.6 Å². The zero-order valence-corrected chi connectivity index (χ0v) is 12.5. The maximum absolute atomic E-state index is 13.8. The normalized spacial score (nSPS) is 22.8. The topological polar surface area (TPSA) is 47.8 Å². The Balaban J connectivity index is 0.000000486. The Kier molecular flexibility index (Phi) is 9.52. The number of hydrogen-bond donors (Lipinski definition) is 1. The minimum absolute atomic E-state index is 0.729. The van der Waals surface area contributed by atoms with Crippen molar-refractivity contribution in [3.8, 4) is 0 Å². The summed E-state index contributed by atoms with van der Waals surface area (Å²) in [7, 11) is 0. The van der Waals surface area contributed by atoms with E-state index < -0.39 is 18.6 Å². The van der Waals surface area contributed by atoms with Crippen LogP contribution in [0.4, 0.5) is 17.6 Å². The molecule has 126 valence electrons. The lowest BCUT2D eigenvalue weighted by Gasteiger charge is -2.19. The Morgan fingerprint density at radius 2 is 1.81 bits per heavy atom. The summed E-state index contributed by atoms with van der Waals surface area (Å²) < 4.78 is 45.3. The molecule has 0 amide bonds. The number of rotatable bonds is 6. The zero-order chi connectivity index (χ0) is 16.5. The average molecular weight is 316 g/mol. The fourth-order valence-electron chi connectivity index (χ4n) is 2.01. The van der Waals surface area contributed by atoms with Gasteiger partial charge in [0.2, 0.25) is 0 Å². The van der Waals surface area contributed by atoms with E-state index in [-0.39, 0.29) is 0 Å². The third kappa shape index (κ3) is 8.21. The molecule has 2 atom stereocenters. The highest BCUT2D eigenvalue weighted by Crippen LogP contribution is 2.11. The number of unbranched alkanes of at least 4 members (excludes halogenated alkanes) is 2. The first kappa shape index (κ1) is 20.1. The number of aliphatic carboxylic acids is 1. The van der Waals surface area contributed by atoms with Gasteiger partial charge in [-0.3, -0.25) is 4.90 Å². The van der Waals surface area contributed by atoms with Crippen molar-refractivity contribution < 1.29 is 32.4 Å². The minimum atomic E-state index is -5.19. The van der Waals surface area contributed by atoms with E-state index in [0.717, 1.165) is 50.3 Å². The van der Waals surface area contributed by atoms with Gasteiger partial charge < -0.3 is 9.90 Å². The molecular weight excluding hydrogens is 292 g/mol. The van der Waals surface area contributed by atoms with E-state index in [1.807, 2.05) is 4.90 Å². The summed E-state index contributed by atoms with van der Waals surface area (Å²) in [6.07, 6.45) is -1.31. The minimum Gasteiger partial charge on any atom is -0.542 e. The first-order chi connectivity index (χ1) is 9.73. The molecule has 1 heterocycles. The van der Waals surface area contributed by atoms with Crippen LogP contribution in [0, 0.1) is 0 Å². The van der Waals surface area contributed by atoms with Crippen LogP contribution in [0.5, 0.6) is 0 Å². The first-order valence-corrected chi connectivity index (χ1v) is 7.24. The standard InChI is InChI=1S/C11H23FN2.C2HF3O2/c1-3-5-7-13-9-10-14(11(13)12)8-6-4-2;3-2(4,5)1(6)7/h11H,3-10H2,1-2H3;(H,6,7). The molecule has 2 unspecified atom stereocenters. The number of quaternary nitrogens is 1. The number of carbonyl (C=O) groups excluding carboxylic acids is 1. The molecule has 1 saturated heterocycles. The summed E-state index contributed by atoms with van der Waals surface area (Å²) in [4.78, 5) is 11.9. The maximum Gasteiger partial charge on any atom is 0.430 e. The van der Waals surface area contributed by atoms with E-state index in [1.165, 1.54) is 6.42 Å². The van der Waals surface area contributed by atoms with Gasteiger partial charge in [0.25, 0.3) is 6.42 Å². The predicted octanol–water partition coefficient (Wildman–Crippen LogP) is 0.339. The van der Waals surface area contributed by atoms with Gasteiger partial charge in [0.05, 0.1) is 19.6 Å². The fourth-order valence-corrected chi connectivity index (χ4v) is 2.01. The van der Waals surface area contributed by atoms with Crippen LogP contribution >= 0.6 is 0 Å². The SMILES string of the molecule is CCCCN1CC[NH+](CCCC)C1F.O=C([O-])C(F)(F)F. The molecule has 1 fully saturated rings. The summed E-state index contributed by atoms with van der Waals surface area (Å²) in [6, 6.07) is 0. The number of nitrogens with one attached hydrogen (secondary N) is 1. The Morgan fingerprint density at radius 1 is 1.29 bits per heavy atom. The van der Waals surface area contributed by atoms with Crippen molar-refractivity contribution in [2.45, 2.75) is 52.1 Å². The molecule has 1 rings (SSSR count). The van der Waals surface area contributed by atoms with Crippen LogP contribution in [0.1, 0.15) is 39.5 Å². The van der Waals surface area contributed by atoms with Gasteiger partial charge in [-0.1, -0.05) is 26.7 Å². The van der Waals surface area contributed by atoms with Crippen LogP contribution in [0.25, 0.3) is 0 Å². The number of nitrogens with zero attached hydrogens (tertiary/aromatic N) is 1. The molecule has 4 nitrogen and oxygen atoms in total. The van der Waals surface area contributed by atoms with Gasteiger partial charge in [0, 0.05) is 6.54 Å². The smallest absolute Gasteiger partial charge is 0.430 e. The van der Waals surface area contributed by atoms with Crippen molar-refractivity contribution in [2.75, 3.05) is 26.2 Å². The van der Waals surface area contributed by atoms with Gasteiger partial charge in [-0.05, 0) is 12.8 Å². The molecular formula is C13H24F4N2O2. The second-order valence-electron chi connectivity index (χ2n) is 5.02. The largest absolute Gasteiger partial charge is 0.542 e. The summed E-state index contributed by atoms with van der Waals surface area (Å²) in [5.74, 6) is -3.01. The van der Waals surface area contributed by atoms with Crippen LogP contribution in [0.3, 0.4) is 0 Å². The lowest BCUT2D eigenvalue weighted by Crippen LogP contribution is -3.13. The van der Waals surface area contributed by atoms with Crippen LogP contribution < -0.4 is 10.0 Å². The van der Waals surface area contributed by atoms with Crippen molar-refractivity contribution >= 4 is 5.97 Å². The molecule has 0 radical (unpaired) electrons. The van der Waals surface area contributed by atoms with Gasteiger partial charge in [0.1, 0.15) is 5.97 Å². The Bertz CT molecular complexity index is 284. The van der Waals surface area contributed by atoms with Gasteiger partial charge in [-0.2, -0.15) is 17.6 Å². The molecule has 1 aliphatic rings. The number of hydrogen-bond acceptors (Lipinski definition) is 3. The quantitative estimate of drug-likeness (QED) is 0.568. The number of carbonyl (C=O) groups is 1. The fraction of sp³-hybridized carbons (Fsp3) is 0.923. The van der Waals surface area contributed by atoms with E-state index in [4.69, 9.17) is 9.90 Å². The monoisotopic (exact) mass is 316 g/mol. The Hall–Kier alpha value is -0.890. The Morgan fingerprint density at radius 3 is 2.24 bits per heavy atom. The van der Waals surface area contributed by atoms with Crippen molar-refractivity contribution in [1.29, 1.82) is 0 Å². The van der Waals surface area contributed by atoms with Gasteiger partial charge in [-0.25, -0.2) is 4.90 Å². The second kappa shape index (κ2) is 9.94. The number of alkyl halides is 4. The van der Waals surface area contributed by atoms with E-state index in [9.17, 15) is 17.6 Å². The zero-order valence-electron chi connectivity index (χ0n) is 12.5. The highest BCUT2D eigenvalue weighted by atomic mass is 19.4. The van der Waals surface area contributed by atoms with Crippen LogP contribution in [-0.2, 0) is 4.79 Å². The molecule has 0 aromatic carbocycles. The number of halogens is 4. The second-order valence-corrected chi connectivity index (χ2v) is 5.02. The molecule has 0 saturated carbocycles. The van der Waals surface area contributed by atoms with E-state index >= 15 is 0 Å². The molecule has 0 aliphatic carbocycles. The van der Waals surface area contributed by atoms with E-state index in [0.29, 0.717) is 0 Å². The van der Waals surface area contributed by atoms with E-state index in [1.54, 1.807) is 0 Å². The molecule has 0 bridgehead atoms. The third-order valence-corrected chi connectivity index (χ3v) is 3.26. The number of carboxylic acids is 1. The van der Waals surface area contributed by atoms with Gasteiger partial charge >= 0.3 is 6.18 Å². The molecule has 0 spiro atoms. The Labute approximate surface area is 122 Å². The summed E-state index contributed by atoms with van der Waals surface area (Å²) >= 11 is 0. The van der Waals surface area contributed by atoms with Crippen molar-refractivity contribution in [3.05, 3.63) is 0 Å². The summed E-state index contributed by atoms with van der Waals surface area (Å²) in [5, 5.41) is 8.78. The molecule has 0 aromatic rings. The molecule has 21 heavy (non-hydrogen) atoms. The average Bonchev–Trinajstić information content (AvgIpc) is 2.74. The summed E-state index contributed by atoms with van der Waals surface area (Å²) in [6.45, 7) is 8.20. The van der Waals surface area contributed by atoms with Gasteiger partial charge in [0.15, 0.2) is 0 Å². The highest BCUT2D eigenvalue weighted by molar-refractivity contribution is 5.70. The maximum atomic E-state index is 13.8. The molecule has 0 aromatic heterocycles. The van der Waals surface area contributed by atoms with Crippen molar-refractivity contribution in [1.82, 2.24) is 4.90 Å². The highest BCUT2D eigenvalue weighted by Gasteiger charge is 2.34. The van der Waals surface area contributed by atoms with Crippen molar-refractivity contribution in [2.24, 2.45) is 0 Å². The lowest BCUT2D eigenvalue weighted by atomic mass is 10.3. The van der Waals surface area contributed by atoms with E-state index in [2.05, 4.69) is 13.8 Å².